The minimum atomic E-state index is -0.345. The number of hydrogen-bond acceptors (Lipinski definition) is 5. The van der Waals surface area contributed by atoms with Crippen LogP contribution in [0.1, 0.15) is 37.7 Å². The van der Waals surface area contributed by atoms with Gasteiger partial charge in [0.05, 0.1) is 22.4 Å². The fourth-order valence-electron chi connectivity index (χ4n) is 4.19. The molecule has 2 aliphatic rings. The van der Waals surface area contributed by atoms with Crippen molar-refractivity contribution in [2.75, 3.05) is 5.32 Å². The van der Waals surface area contributed by atoms with Crippen molar-refractivity contribution in [3.8, 4) is 17.3 Å². The maximum Gasteiger partial charge on any atom is 0.199 e. The lowest BCUT2D eigenvalue weighted by atomic mass is 9.63. The molecular weight excluding hydrogens is 348 g/mol. The van der Waals surface area contributed by atoms with Crippen molar-refractivity contribution in [2.45, 2.75) is 37.5 Å². The van der Waals surface area contributed by atoms with E-state index in [0.717, 1.165) is 48.3 Å². The van der Waals surface area contributed by atoms with Gasteiger partial charge in [-0.05, 0) is 30.6 Å². The Labute approximate surface area is 157 Å². The van der Waals surface area contributed by atoms with E-state index >= 15 is 0 Å². The van der Waals surface area contributed by atoms with Gasteiger partial charge in [0, 0.05) is 11.0 Å². The minimum absolute atomic E-state index is 0.345. The lowest BCUT2D eigenvalue weighted by molar-refractivity contribution is 0.344. The SMILES string of the molecule is N#CC1=C(S)Nc2nc(=S)[nH]c(-c3ccccc3)c2C12CCCCC2. The van der Waals surface area contributed by atoms with Gasteiger partial charge < -0.3 is 10.3 Å². The predicted octanol–water partition coefficient (Wildman–Crippen LogP) is 5.10. The molecule has 1 aromatic carbocycles. The van der Waals surface area contributed by atoms with Crippen molar-refractivity contribution in [3.05, 3.63) is 51.3 Å². The molecule has 25 heavy (non-hydrogen) atoms. The number of aromatic nitrogens is 2. The zero-order valence-corrected chi connectivity index (χ0v) is 15.4. The van der Waals surface area contributed by atoms with Gasteiger partial charge in [-0.3, -0.25) is 0 Å². The number of hydrogen-bond donors (Lipinski definition) is 3. The molecule has 0 saturated heterocycles. The number of H-pyrrole nitrogens is 1. The van der Waals surface area contributed by atoms with Crippen molar-refractivity contribution in [2.24, 2.45) is 0 Å². The first kappa shape index (κ1) is 16.4. The third kappa shape index (κ3) is 2.59. The zero-order chi connectivity index (χ0) is 17.4. The summed E-state index contributed by atoms with van der Waals surface area (Å²) in [6.45, 7) is 0. The molecule has 0 unspecified atom stereocenters. The molecule has 0 amide bonds. The van der Waals surface area contributed by atoms with Gasteiger partial charge in [-0.15, -0.1) is 12.6 Å². The molecule has 2 aromatic rings. The molecule has 126 valence electrons. The molecular formula is C19H18N4S2. The topological polar surface area (TPSA) is 64.5 Å². The molecule has 1 spiro atoms. The summed E-state index contributed by atoms with van der Waals surface area (Å²) in [5.41, 5.74) is 3.44. The molecule has 0 radical (unpaired) electrons. The van der Waals surface area contributed by atoms with E-state index in [-0.39, 0.29) is 5.41 Å². The number of fused-ring (bicyclic) bond motifs is 2. The summed E-state index contributed by atoms with van der Waals surface area (Å²) < 4.78 is 0.428. The van der Waals surface area contributed by atoms with E-state index in [1.54, 1.807) is 0 Å². The van der Waals surface area contributed by atoms with Crippen LogP contribution in [0.4, 0.5) is 5.82 Å². The monoisotopic (exact) mass is 366 g/mol. The van der Waals surface area contributed by atoms with E-state index in [9.17, 15) is 5.26 Å². The molecule has 1 fully saturated rings. The summed E-state index contributed by atoms with van der Waals surface area (Å²) in [5.74, 6) is 0.730. The van der Waals surface area contributed by atoms with E-state index < -0.39 is 0 Å². The molecule has 4 nitrogen and oxygen atoms in total. The van der Waals surface area contributed by atoms with Gasteiger partial charge in [0.2, 0.25) is 0 Å². The third-order valence-electron chi connectivity index (χ3n) is 5.24. The summed E-state index contributed by atoms with van der Waals surface area (Å²) in [6, 6.07) is 12.5. The van der Waals surface area contributed by atoms with Gasteiger partial charge in [0.25, 0.3) is 0 Å². The summed E-state index contributed by atoms with van der Waals surface area (Å²) in [6.07, 6.45) is 5.24. The van der Waals surface area contributed by atoms with E-state index in [4.69, 9.17) is 12.2 Å². The summed E-state index contributed by atoms with van der Waals surface area (Å²) >= 11 is 9.92. The highest BCUT2D eigenvalue weighted by molar-refractivity contribution is 7.84. The summed E-state index contributed by atoms with van der Waals surface area (Å²) in [7, 11) is 0. The first-order valence-corrected chi connectivity index (χ1v) is 9.32. The number of nitrogens with one attached hydrogen (secondary N) is 2. The zero-order valence-electron chi connectivity index (χ0n) is 13.7. The highest BCUT2D eigenvalue weighted by Gasteiger charge is 2.46. The average Bonchev–Trinajstić information content (AvgIpc) is 2.62. The van der Waals surface area contributed by atoms with Gasteiger partial charge in [0.15, 0.2) is 4.77 Å². The fourth-order valence-corrected chi connectivity index (χ4v) is 4.76. The van der Waals surface area contributed by atoms with Crippen LogP contribution in [0.25, 0.3) is 11.3 Å². The van der Waals surface area contributed by atoms with Crippen molar-refractivity contribution in [1.29, 1.82) is 5.26 Å². The Morgan fingerprint density at radius 2 is 1.88 bits per heavy atom. The van der Waals surface area contributed by atoms with Crippen molar-refractivity contribution >= 4 is 30.7 Å². The number of thiol groups is 1. The molecule has 1 aliphatic heterocycles. The number of benzene rings is 1. The second-order valence-corrected chi connectivity index (χ2v) is 7.44. The molecule has 6 heteroatoms. The lowest BCUT2D eigenvalue weighted by Crippen LogP contribution is -2.37. The first-order chi connectivity index (χ1) is 12.2. The number of nitriles is 1. The predicted molar refractivity (Wildman–Crippen MR) is 105 cm³/mol. The van der Waals surface area contributed by atoms with Gasteiger partial charge >= 0.3 is 0 Å². The molecule has 4 rings (SSSR count). The number of aromatic amines is 1. The van der Waals surface area contributed by atoms with Crippen LogP contribution in [-0.4, -0.2) is 9.97 Å². The molecule has 1 aliphatic carbocycles. The summed E-state index contributed by atoms with van der Waals surface area (Å²) in [4.78, 5) is 7.81. The Bertz CT molecular complexity index is 948. The van der Waals surface area contributed by atoms with Crippen LogP contribution in [0, 0.1) is 16.1 Å². The van der Waals surface area contributed by atoms with Crippen molar-refractivity contribution in [1.82, 2.24) is 9.97 Å². The largest absolute Gasteiger partial charge is 0.334 e. The molecule has 1 saturated carbocycles. The first-order valence-electron chi connectivity index (χ1n) is 8.47. The average molecular weight is 367 g/mol. The second kappa shape index (κ2) is 6.32. The Hall–Kier alpha value is -2.10. The van der Waals surface area contributed by atoms with Crippen molar-refractivity contribution in [3.63, 3.8) is 0 Å². The normalized spacial score (nSPS) is 18.4. The van der Waals surface area contributed by atoms with Crippen LogP contribution in [-0.2, 0) is 5.41 Å². The van der Waals surface area contributed by atoms with E-state index in [2.05, 4.69) is 46.1 Å². The van der Waals surface area contributed by atoms with E-state index in [1.807, 2.05) is 18.2 Å². The maximum absolute atomic E-state index is 9.87. The Balaban J connectivity index is 2.06. The molecule has 2 N–H and O–H groups in total. The number of nitrogens with zero attached hydrogens (tertiary/aromatic N) is 2. The molecule has 0 bridgehead atoms. The van der Waals surface area contributed by atoms with Crippen LogP contribution in [0.2, 0.25) is 0 Å². The highest BCUT2D eigenvalue weighted by Crippen LogP contribution is 2.53. The fraction of sp³-hybridized carbons (Fsp3) is 0.316. The number of allylic oxidation sites excluding steroid dienone is 1. The van der Waals surface area contributed by atoms with Crippen molar-refractivity contribution < 1.29 is 0 Å². The van der Waals surface area contributed by atoms with Crippen LogP contribution in [0.15, 0.2) is 40.9 Å². The smallest absolute Gasteiger partial charge is 0.199 e. The number of anilines is 1. The van der Waals surface area contributed by atoms with Crippen LogP contribution >= 0.6 is 24.8 Å². The molecule has 1 aromatic heterocycles. The third-order valence-corrected chi connectivity index (χ3v) is 5.77. The highest BCUT2D eigenvalue weighted by atomic mass is 32.1. The number of rotatable bonds is 1. The second-order valence-electron chi connectivity index (χ2n) is 6.61. The Morgan fingerprint density at radius 3 is 2.56 bits per heavy atom. The minimum Gasteiger partial charge on any atom is -0.334 e. The van der Waals surface area contributed by atoms with Gasteiger partial charge in [-0.1, -0.05) is 49.6 Å². The van der Waals surface area contributed by atoms with E-state index in [1.165, 1.54) is 6.42 Å². The Morgan fingerprint density at radius 1 is 1.16 bits per heavy atom. The van der Waals surface area contributed by atoms with Crippen LogP contribution in [0.5, 0.6) is 0 Å². The van der Waals surface area contributed by atoms with Gasteiger partial charge in [-0.25, -0.2) is 4.98 Å². The Kier molecular flexibility index (Phi) is 4.14. The van der Waals surface area contributed by atoms with Crippen LogP contribution in [0.3, 0.4) is 0 Å². The quantitative estimate of drug-likeness (QED) is 0.485. The van der Waals surface area contributed by atoms with Gasteiger partial charge in [0.1, 0.15) is 5.82 Å². The van der Waals surface area contributed by atoms with Gasteiger partial charge in [-0.2, -0.15) is 5.26 Å². The summed E-state index contributed by atoms with van der Waals surface area (Å²) in [5, 5.41) is 13.7. The standard InChI is InChI=1S/C19H18N4S2/c20-11-13-17(24)22-16-14(19(13)9-5-2-6-10-19)15(21-18(25)23-16)12-7-3-1-4-8-12/h1,3-4,7-8,24H,2,5-6,9-10H2,(H2,21,22,23,25). The maximum atomic E-state index is 9.87. The van der Waals surface area contributed by atoms with Crippen LogP contribution < -0.4 is 5.32 Å². The molecule has 0 atom stereocenters. The molecule has 2 heterocycles. The lowest BCUT2D eigenvalue weighted by Gasteiger charge is -2.42. The van der Waals surface area contributed by atoms with E-state index in [0.29, 0.717) is 15.4 Å².